The number of imidazole rings is 1. The van der Waals surface area contributed by atoms with Crippen molar-refractivity contribution in [2.24, 2.45) is 0 Å². The molecule has 0 aliphatic heterocycles. The maximum Gasteiger partial charge on any atom is 0.220 e. The lowest BCUT2D eigenvalue weighted by Crippen LogP contribution is -2.34. The van der Waals surface area contributed by atoms with Crippen molar-refractivity contribution in [1.82, 2.24) is 19.5 Å². The molecule has 0 unspecified atom stereocenters. The van der Waals surface area contributed by atoms with Crippen LogP contribution in [-0.4, -0.2) is 30.2 Å². The van der Waals surface area contributed by atoms with E-state index in [1.165, 1.54) is 12.1 Å². The van der Waals surface area contributed by atoms with E-state index in [1.807, 2.05) is 4.57 Å². The molecule has 2 aromatic heterocycles. The Hall–Kier alpha value is -3.31. The summed E-state index contributed by atoms with van der Waals surface area (Å²) in [5.74, 6) is -0.155. The summed E-state index contributed by atoms with van der Waals surface area (Å²) in [6, 6.07) is 10.1. The quantitative estimate of drug-likeness (QED) is 0.703. The zero-order valence-corrected chi connectivity index (χ0v) is 15.8. The lowest BCUT2D eigenvalue weighted by Gasteiger charge is -2.35. The smallest absolute Gasteiger partial charge is 0.220 e. The third kappa shape index (κ3) is 3.82. The molecule has 0 radical (unpaired) electrons. The highest BCUT2D eigenvalue weighted by molar-refractivity contribution is 5.77. The van der Waals surface area contributed by atoms with Gasteiger partial charge in [0.25, 0.3) is 0 Å². The van der Waals surface area contributed by atoms with Gasteiger partial charge >= 0.3 is 0 Å². The fourth-order valence-corrected chi connectivity index (χ4v) is 3.96. The van der Waals surface area contributed by atoms with Crippen molar-refractivity contribution in [3.8, 4) is 28.7 Å². The number of hydrogen-bond donors (Lipinski definition) is 2. The molecule has 4 rings (SSSR count). The summed E-state index contributed by atoms with van der Waals surface area (Å²) < 4.78 is 15.4. The Bertz CT molecular complexity index is 1050. The van der Waals surface area contributed by atoms with E-state index in [2.05, 4.69) is 21.0 Å². The van der Waals surface area contributed by atoms with Crippen LogP contribution < -0.4 is 5.73 Å². The SMILES string of the molecule is N#CCC1(O)CCC(n2cnc(-c3ccc(F)cc3)c2-c2ccnc(N)n2)CC1. The zero-order chi connectivity index (χ0) is 20.4. The minimum Gasteiger partial charge on any atom is -0.389 e. The van der Waals surface area contributed by atoms with Crippen LogP contribution in [0.4, 0.5) is 10.3 Å². The normalized spacial score (nSPS) is 21.6. The average Bonchev–Trinajstić information content (AvgIpc) is 3.14. The molecule has 1 fully saturated rings. The molecule has 148 valence electrons. The molecular weight excluding hydrogens is 371 g/mol. The first kappa shape index (κ1) is 19.0. The number of halogens is 1. The first-order valence-corrected chi connectivity index (χ1v) is 9.50. The molecule has 0 atom stereocenters. The van der Waals surface area contributed by atoms with Crippen LogP contribution in [0.15, 0.2) is 42.9 Å². The lowest BCUT2D eigenvalue weighted by molar-refractivity contribution is -0.00305. The maximum atomic E-state index is 13.4. The molecule has 0 saturated heterocycles. The van der Waals surface area contributed by atoms with Crippen LogP contribution in [0.25, 0.3) is 22.6 Å². The lowest BCUT2D eigenvalue weighted by atomic mass is 9.80. The van der Waals surface area contributed by atoms with Crippen molar-refractivity contribution >= 4 is 5.95 Å². The standard InChI is InChI=1S/C21H21FN6O/c22-15-3-1-14(2-4-15)18-19(17-7-12-25-20(24)27-17)28(13-26-18)16-5-8-21(29,9-6-16)10-11-23/h1-4,7,12-13,16,29H,5-6,8-10H2,(H2,24,25,27). The number of nitrogen functional groups attached to an aromatic ring is 1. The van der Waals surface area contributed by atoms with Crippen LogP contribution in [0.2, 0.25) is 0 Å². The summed E-state index contributed by atoms with van der Waals surface area (Å²) >= 11 is 0. The Kier molecular flexibility index (Phi) is 4.99. The molecule has 3 aromatic rings. The van der Waals surface area contributed by atoms with Crippen LogP contribution >= 0.6 is 0 Å². The number of benzene rings is 1. The van der Waals surface area contributed by atoms with Gasteiger partial charge in [-0.15, -0.1) is 0 Å². The van der Waals surface area contributed by atoms with Gasteiger partial charge in [-0.3, -0.25) is 0 Å². The van der Waals surface area contributed by atoms with Gasteiger partial charge in [0.05, 0.1) is 41.5 Å². The van der Waals surface area contributed by atoms with Crippen LogP contribution in [0, 0.1) is 17.1 Å². The van der Waals surface area contributed by atoms with E-state index in [-0.39, 0.29) is 24.2 Å². The largest absolute Gasteiger partial charge is 0.389 e. The number of rotatable bonds is 4. The second kappa shape index (κ2) is 7.60. The highest BCUT2D eigenvalue weighted by atomic mass is 19.1. The first-order chi connectivity index (χ1) is 14.0. The van der Waals surface area contributed by atoms with Crippen LogP contribution in [0.5, 0.6) is 0 Å². The number of nitrogens with two attached hydrogens (primary N) is 1. The van der Waals surface area contributed by atoms with Crippen molar-refractivity contribution in [1.29, 1.82) is 5.26 Å². The van der Waals surface area contributed by atoms with Crippen LogP contribution in [0.3, 0.4) is 0 Å². The summed E-state index contributed by atoms with van der Waals surface area (Å²) in [4.78, 5) is 12.9. The molecule has 0 amide bonds. The Labute approximate surface area is 167 Å². The first-order valence-electron chi connectivity index (χ1n) is 9.50. The molecule has 1 saturated carbocycles. The molecule has 1 aromatic carbocycles. The number of aromatic nitrogens is 4. The molecule has 0 bridgehead atoms. The topological polar surface area (TPSA) is 114 Å². The van der Waals surface area contributed by atoms with E-state index in [9.17, 15) is 9.50 Å². The van der Waals surface area contributed by atoms with E-state index < -0.39 is 5.60 Å². The average molecular weight is 392 g/mol. The highest BCUT2D eigenvalue weighted by Gasteiger charge is 2.35. The Balaban J connectivity index is 1.75. The van der Waals surface area contributed by atoms with Gasteiger partial charge in [-0.25, -0.2) is 19.3 Å². The molecule has 3 N–H and O–H groups in total. The monoisotopic (exact) mass is 392 g/mol. The molecule has 8 heteroatoms. The van der Waals surface area contributed by atoms with Gasteiger partial charge in [0.2, 0.25) is 5.95 Å². The number of hydrogen-bond acceptors (Lipinski definition) is 6. The van der Waals surface area contributed by atoms with Crippen molar-refractivity contribution < 1.29 is 9.50 Å². The summed E-state index contributed by atoms with van der Waals surface area (Å²) in [6.07, 6.45) is 6.00. The Morgan fingerprint density at radius 3 is 2.59 bits per heavy atom. The van der Waals surface area contributed by atoms with E-state index in [4.69, 9.17) is 11.0 Å². The minimum absolute atomic E-state index is 0.0989. The van der Waals surface area contributed by atoms with Crippen LogP contribution in [-0.2, 0) is 0 Å². The molecule has 1 aliphatic carbocycles. The van der Waals surface area contributed by atoms with Gasteiger partial charge in [-0.05, 0) is 56.0 Å². The fraction of sp³-hybridized carbons (Fsp3) is 0.333. The van der Waals surface area contributed by atoms with Gasteiger partial charge in [0.15, 0.2) is 0 Å². The molecule has 7 nitrogen and oxygen atoms in total. The number of aliphatic hydroxyl groups is 1. The van der Waals surface area contributed by atoms with Gasteiger partial charge < -0.3 is 15.4 Å². The van der Waals surface area contributed by atoms with Crippen molar-refractivity contribution in [3.05, 3.63) is 48.7 Å². The molecule has 29 heavy (non-hydrogen) atoms. The predicted molar refractivity (Wildman–Crippen MR) is 106 cm³/mol. The van der Waals surface area contributed by atoms with E-state index in [0.29, 0.717) is 37.1 Å². The van der Waals surface area contributed by atoms with E-state index >= 15 is 0 Å². The number of nitriles is 1. The van der Waals surface area contributed by atoms with Crippen molar-refractivity contribution in [2.75, 3.05) is 5.73 Å². The fourth-order valence-electron chi connectivity index (χ4n) is 3.96. The minimum atomic E-state index is -0.925. The Morgan fingerprint density at radius 2 is 1.93 bits per heavy atom. The summed E-state index contributed by atoms with van der Waals surface area (Å²) in [7, 11) is 0. The summed E-state index contributed by atoms with van der Waals surface area (Å²) in [6.45, 7) is 0. The Morgan fingerprint density at radius 1 is 1.21 bits per heavy atom. The second-order valence-electron chi connectivity index (χ2n) is 7.45. The highest BCUT2D eigenvalue weighted by Crippen LogP contribution is 2.40. The number of anilines is 1. The third-order valence-electron chi connectivity index (χ3n) is 5.52. The zero-order valence-electron chi connectivity index (χ0n) is 15.8. The summed E-state index contributed by atoms with van der Waals surface area (Å²) in [5.41, 5.74) is 7.74. The summed E-state index contributed by atoms with van der Waals surface area (Å²) in [5, 5.41) is 19.5. The van der Waals surface area contributed by atoms with E-state index in [0.717, 1.165) is 11.3 Å². The van der Waals surface area contributed by atoms with Gasteiger partial charge in [-0.2, -0.15) is 5.26 Å². The molecular formula is C21H21FN6O. The predicted octanol–water partition coefficient (Wildman–Crippen LogP) is 3.49. The maximum absolute atomic E-state index is 13.4. The third-order valence-corrected chi connectivity index (χ3v) is 5.52. The molecule has 0 spiro atoms. The van der Waals surface area contributed by atoms with Crippen molar-refractivity contribution in [2.45, 2.75) is 43.7 Å². The van der Waals surface area contributed by atoms with Gasteiger partial charge in [0.1, 0.15) is 5.82 Å². The molecule has 1 aliphatic rings. The second-order valence-corrected chi connectivity index (χ2v) is 7.45. The van der Waals surface area contributed by atoms with Crippen molar-refractivity contribution in [3.63, 3.8) is 0 Å². The van der Waals surface area contributed by atoms with Gasteiger partial charge in [-0.1, -0.05) is 0 Å². The van der Waals surface area contributed by atoms with E-state index in [1.54, 1.807) is 30.7 Å². The van der Waals surface area contributed by atoms with Gasteiger partial charge in [0, 0.05) is 17.8 Å². The number of nitrogens with zero attached hydrogens (tertiary/aromatic N) is 5. The van der Waals surface area contributed by atoms with Crippen LogP contribution in [0.1, 0.15) is 38.1 Å². The molecule has 2 heterocycles.